The highest BCUT2D eigenvalue weighted by atomic mass is 35.5. The average molecular weight is 373 g/mol. The first-order chi connectivity index (χ1) is 9.86. The van der Waals surface area contributed by atoms with Crippen molar-refractivity contribution in [2.75, 3.05) is 19.7 Å². The van der Waals surface area contributed by atoms with Gasteiger partial charge in [0.2, 0.25) is 10.0 Å². The molecule has 4 nitrogen and oxygen atoms in total. The van der Waals surface area contributed by atoms with Gasteiger partial charge in [-0.3, -0.25) is 0 Å². The summed E-state index contributed by atoms with van der Waals surface area (Å²) in [6.45, 7) is 3.08. The molecule has 1 unspecified atom stereocenters. The predicted octanol–water partition coefficient (Wildman–Crippen LogP) is 3.53. The molecule has 1 atom stereocenters. The van der Waals surface area contributed by atoms with E-state index in [1.807, 2.05) is 6.92 Å². The maximum atomic E-state index is 12.8. The van der Waals surface area contributed by atoms with E-state index in [0.29, 0.717) is 36.7 Å². The third-order valence-corrected chi connectivity index (χ3v) is 6.21. The van der Waals surface area contributed by atoms with Crippen LogP contribution >= 0.6 is 34.8 Å². The Bertz CT molecular complexity index is 621. The fraction of sp³-hybridized carbons (Fsp3) is 0.538. The van der Waals surface area contributed by atoms with Gasteiger partial charge in [0.1, 0.15) is 4.90 Å². The third-order valence-electron chi connectivity index (χ3n) is 3.26. The summed E-state index contributed by atoms with van der Waals surface area (Å²) in [4.78, 5) is 0.00131. The van der Waals surface area contributed by atoms with Gasteiger partial charge in [-0.25, -0.2) is 8.42 Å². The van der Waals surface area contributed by atoms with E-state index in [1.165, 1.54) is 10.4 Å². The normalized spacial score (nSPS) is 21.2. The van der Waals surface area contributed by atoms with Gasteiger partial charge in [-0.05, 0) is 31.0 Å². The molecule has 0 N–H and O–H groups in total. The minimum atomic E-state index is -3.73. The Morgan fingerprint density at radius 2 is 2.10 bits per heavy atom. The van der Waals surface area contributed by atoms with E-state index >= 15 is 0 Å². The van der Waals surface area contributed by atoms with Crippen LogP contribution in [0.15, 0.2) is 17.0 Å². The van der Waals surface area contributed by atoms with Crippen LogP contribution in [0.3, 0.4) is 0 Å². The fourth-order valence-electron chi connectivity index (χ4n) is 2.22. The maximum absolute atomic E-state index is 12.8. The molecule has 1 aromatic carbocycles. The molecule has 1 aliphatic rings. The molecule has 8 heteroatoms. The second kappa shape index (κ2) is 7.02. The molecule has 0 aliphatic carbocycles. The van der Waals surface area contributed by atoms with Crippen LogP contribution in [0.2, 0.25) is 10.0 Å². The fourth-order valence-corrected chi connectivity index (χ4v) is 4.96. The number of hydrogen-bond donors (Lipinski definition) is 0. The van der Waals surface area contributed by atoms with E-state index in [-0.39, 0.29) is 21.9 Å². The first-order valence-corrected chi connectivity index (χ1v) is 9.25. The first-order valence-electron chi connectivity index (χ1n) is 6.52. The van der Waals surface area contributed by atoms with Crippen LogP contribution in [-0.4, -0.2) is 38.5 Å². The summed E-state index contributed by atoms with van der Waals surface area (Å²) >= 11 is 18.0. The summed E-state index contributed by atoms with van der Waals surface area (Å²) in [5, 5.41) is 0.431. The molecule has 0 bridgehead atoms. The van der Waals surface area contributed by atoms with E-state index < -0.39 is 10.0 Å². The standard InChI is InChI=1S/C13H16Cl3NO3S/c1-9-8-17(3-2-4-20-9)21(18,19)12-6-11(15)5-10(7-14)13(12)16/h5-6,9H,2-4,7-8H2,1H3. The molecule has 0 aromatic heterocycles. The monoisotopic (exact) mass is 371 g/mol. The number of alkyl halides is 1. The average Bonchev–Trinajstić information content (AvgIpc) is 2.66. The Hall–Kier alpha value is -0.0400. The van der Waals surface area contributed by atoms with Gasteiger partial charge in [0, 0.05) is 30.6 Å². The van der Waals surface area contributed by atoms with Crippen LogP contribution in [0, 0.1) is 0 Å². The molecule has 1 saturated heterocycles. The molecule has 21 heavy (non-hydrogen) atoms. The minimum Gasteiger partial charge on any atom is -0.377 e. The van der Waals surface area contributed by atoms with Gasteiger partial charge in [-0.15, -0.1) is 11.6 Å². The SMILES string of the molecule is CC1CN(S(=O)(=O)c2cc(Cl)cc(CCl)c2Cl)CCCO1. The number of sulfonamides is 1. The lowest BCUT2D eigenvalue weighted by molar-refractivity contribution is 0.0752. The van der Waals surface area contributed by atoms with Crippen molar-refractivity contribution in [2.45, 2.75) is 30.2 Å². The second-order valence-corrected chi connectivity index (χ2v) is 7.90. The Labute approximate surface area is 140 Å². The van der Waals surface area contributed by atoms with Crippen LogP contribution in [0.25, 0.3) is 0 Å². The third kappa shape index (κ3) is 3.84. The molecule has 1 fully saturated rings. The molecule has 0 saturated carbocycles. The minimum absolute atomic E-state index is 0.00131. The van der Waals surface area contributed by atoms with Crippen molar-refractivity contribution in [3.63, 3.8) is 0 Å². The number of rotatable bonds is 3. The summed E-state index contributed by atoms with van der Waals surface area (Å²) in [6, 6.07) is 2.94. The summed E-state index contributed by atoms with van der Waals surface area (Å²) < 4.78 is 32.5. The van der Waals surface area contributed by atoms with Gasteiger partial charge in [0.15, 0.2) is 0 Å². The summed E-state index contributed by atoms with van der Waals surface area (Å²) in [5.41, 5.74) is 0.503. The molecule has 118 valence electrons. The molecule has 1 heterocycles. The highest BCUT2D eigenvalue weighted by Gasteiger charge is 2.30. The number of ether oxygens (including phenoxy) is 1. The Morgan fingerprint density at radius 1 is 1.38 bits per heavy atom. The van der Waals surface area contributed by atoms with Gasteiger partial charge in [-0.2, -0.15) is 4.31 Å². The highest BCUT2D eigenvalue weighted by molar-refractivity contribution is 7.89. The maximum Gasteiger partial charge on any atom is 0.244 e. The zero-order chi connectivity index (χ0) is 15.6. The van der Waals surface area contributed by atoms with Gasteiger partial charge in [0.25, 0.3) is 0 Å². The quantitative estimate of drug-likeness (QED) is 0.763. The lowest BCUT2D eigenvalue weighted by atomic mass is 10.2. The Balaban J connectivity index is 2.46. The smallest absolute Gasteiger partial charge is 0.244 e. The molecule has 1 aliphatic heterocycles. The van der Waals surface area contributed by atoms with E-state index in [4.69, 9.17) is 39.5 Å². The number of halogens is 3. The summed E-state index contributed by atoms with van der Waals surface area (Å²) in [5.74, 6) is 0.0986. The molecule has 1 aromatic rings. The van der Waals surface area contributed by atoms with Crippen LogP contribution in [0.1, 0.15) is 18.9 Å². The number of benzene rings is 1. The van der Waals surface area contributed by atoms with E-state index in [9.17, 15) is 8.42 Å². The molecular formula is C13H16Cl3NO3S. The van der Waals surface area contributed by atoms with Gasteiger partial charge in [-0.1, -0.05) is 23.2 Å². The van der Waals surface area contributed by atoms with E-state index in [2.05, 4.69) is 0 Å². The van der Waals surface area contributed by atoms with E-state index in [1.54, 1.807) is 6.07 Å². The van der Waals surface area contributed by atoms with Crippen LogP contribution in [0.4, 0.5) is 0 Å². The molecule has 0 spiro atoms. The van der Waals surface area contributed by atoms with Crippen molar-refractivity contribution in [3.05, 3.63) is 27.7 Å². The molecular weight excluding hydrogens is 357 g/mol. The van der Waals surface area contributed by atoms with Crippen molar-refractivity contribution in [1.29, 1.82) is 0 Å². The van der Waals surface area contributed by atoms with Crippen molar-refractivity contribution in [3.8, 4) is 0 Å². The lowest BCUT2D eigenvalue weighted by Gasteiger charge is -2.22. The van der Waals surface area contributed by atoms with Gasteiger partial charge < -0.3 is 4.74 Å². The Kier molecular flexibility index (Phi) is 5.79. The van der Waals surface area contributed by atoms with Crippen molar-refractivity contribution >= 4 is 44.8 Å². The highest BCUT2D eigenvalue weighted by Crippen LogP contribution is 2.32. The van der Waals surface area contributed by atoms with Crippen LogP contribution in [0.5, 0.6) is 0 Å². The molecule has 2 rings (SSSR count). The summed E-state index contributed by atoms with van der Waals surface area (Å²) in [7, 11) is -3.73. The van der Waals surface area contributed by atoms with Gasteiger partial charge in [0.05, 0.1) is 11.1 Å². The first kappa shape index (κ1) is 17.3. The zero-order valence-electron chi connectivity index (χ0n) is 11.5. The van der Waals surface area contributed by atoms with Crippen molar-refractivity contribution in [2.24, 2.45) is 0 Å². The van der Waals surface area contributed by atoms with Crippen molar-refractivity contribution in [1.82, 2.24) is 4.31 Å². The van der Waals surface area contributed by atoms with Gasteiger partial charge >= 0.3 is 0 Å². The largest absolute Gasteiger partial charge is 0.377 e. The number of hydrogen-bond acceptors (Lipinski definition) is 3. The number of nitrogens with zero attached hydrogens (tertiary/aromatic N) is 1. The molecule has 0 amide bonds. The second-order valence-electron chi connectivity index (χ2n) is 4.91. The van der Waals surface area contributed by atoms with Crippen molar-refractivity contribution < 1.29 is 13.2 Å². The van der Waals surface area contributed by atoms with Crippen LogP contribution in [-0.2, 0) is 20.6 Å². The van der Waals surface area contributed by atoms with Crippen LogP contribution < -0.4 is 0 Å². The predicted molar refractivity (Wildman–Crippen MR) is 84.8 cm³/mol. The molecule has 0 radical (unpaired) electrons. The lowest BCUT2D eigenvalue weighted by Crippen LogP contribution is -2.36. The Morgan fingerprint density at radius 3 is 2.76 bits per heavy atom. The van der Waals surface area contributed by atoms with E-state index in [0.717, 1.165) is 0 Å². The topological polar surface area (TPSA) is 46.6 Å². The summed E-state index contributed by atoms with van der Waals surface area (Å²) in [6.07, 6.45) is 0.483. The zero-order valence-corrected chi connectivity index (χ0v) is 14.6.